The molecule has 0 aliphatic rings. The van der Waals surface area contributed by atoms with E-state index in [-0.39, 0.29) is 5.82 Å². The van der Waals surface area contributed by atoms with Crippen molar-refractivity contribution in [2.75, 3.05) is 0 Å². The number of hydrogen-bond acceptors (Lipinski definition) is 3. The second kappa shape index (κ2) is 5.85. The molecule has 3 aromatic rings. The molecule has 0 atom stereocenters. The maximum absolute atomic E-state index is 11.5. The lowest BCUT2D eigenvalue weighted by Crippen LogP contribution is -2.13. The Labute approximate surface area is 138 Å². The van der Waals surface area contributed by atoms with Gasteiger partial charge in [0.25, 0.3) is 5.91 Å². The van der Waals surface area contributed by atoms with E-state index in [2.05, 4.69) is 10.1 Å². The monoisotopic (exact) mass is 326 g/mol. The van der Waals surface area contributed by atoms with Gasteiger partial charge in [0.1, 0.15) is 0 Å². The molecule has 0 saturated heterocycles. The Morgan fingerprint density at radius 3 is 2.65 bits per heavy atom. The van der Waals surface area contributed by atoms with Gasteiger partial charge in [0.15, 0.2) is 5.82 Å². The molecule has 116 valence electrons. The Morgan fingerprint density at radius 2 is 1.96 bits per heavy atom. The Morgan fingerprint density at radius 1 is 1.17 bits per heavy atom. The van der Waals surface area contributed by atoms with Crippen LogP contribution in [0.4, 0.5) is 0 Å². The number of hydrogen-bond donors (Lipinski definition) is 1. The number of nitrogens with zero attached hydrogens (tertiary/aromatic N) is 3. The highest BCUT2D eigenvalue weighted by Gasteiger charge is 2.18. The minimum absolute atomic E-state index is 0.0270. The topological polar surface area (TPSA) is 73.8 Å². The van der Waals surface area contributed by atoms with Crippen molar-refractivity contribution in [2.45, 2.75) is 13.8 Å². The number of halogens is 1. The molecule has 2 aromatic carbocycles. The summed E-state index contributed by atoms with van der Waals surface area (Å²) in [5.74, 6) is -0.173. The van der Waals surface area contributed by atoms with E-state index in [1.54, 1.807) is 16.8 Å². The highest BCUT2D eigenvalue weighted by Crippen LogP contribution is 2.25. The summed E-state index contributed by atoms with van der Waals surface area (Å²) in [5.41, 5.74) is 9.05. The molecular weight excluding hydrogens is 312 g/mol. The number of primary amides is 1. The summed E-state index contributed by atoms with van der Waals surface area (Å²) in [5, 5.41) is 4.86. The molecule has 0 aliphatic heterocycles. The molecule has 2 N–H and O–H groups in total. The first-order valence-electron chi connectivity index (χ1n) is 7.06. The van der Waals surface area contributed by atoms with Crippen molar-refractivity contribution in [1.82, 2.24) is 14.8 Å². The van der Waals surface area contributed by atoms with E-state index in [4.69, 9.17) is 17.3 Å². The van der Waals surface area contributed by atoms with Crippen LogP contribution < -0.4 is 5.73 Å². The summed E-state index contributed by atoms with van der Waals surface area (Å²) in [6.07, 6.45) is 0. The quantitative estimate of drug-likeness (QED) is 0.802. The van der Waals surface area contributed by atoms with Crippen LogP contribution >= 0.6 is 11.6 Å². The Hall–Kier alpha value is -2.66. The fourth-order valence-corrected chi connectivity index (χ4v) is 2.54. The third-order valence-corrected chi connectivity index (χ3v) is 3.74. The summed E-state index contributed by atoms with van der Waals surface area (Å²) in [7, 11) is 0. The van der Waals surface area contributed by atoms with Gasteiger partial charge in [-0.05, 0) is 43.2 Å². The zero-order chi connectivity index (χ0) is 16.6. The molecule has 23 heavy (non-hydrogen) atoms. The third-order valence-electron chi connectivity index (χ3n) is 3.50. The molecular formula is C17H15ClN4O. The van der Waals surface area contributed by atoms with Gasteiger partial charge in [0, 0.05) is 10.6 Å². The fraction of sp³-hybridized carbons (Fsp3) is 0.118. The second-order valence-electron chi connectivity index (χ2n) is 5.34. The van der Waals surface area contributed by atoms with Gasteiger partial charge in [-0.15, -0.1) is 5.10 Å². The third kappa shape index (κ3) is 2.96. The van der Waals surface area contributed by atoms with Crippen LogP contribution in [0.2, 0.25) is 5.02 Å². The Bertz CT molecular complexity index is 901. The van der Waals surface area contributed by atoms with Gasteiger partial charge in [-0.1, -0.05) is 35.9 Å². The molecule has 1 heterocycles. The molecule has 0 aliphatic carbocycles. The largest absolute Gasteiger partial charge is 0.363 e. The molecule has 0 unspecified atom stereocenters. The van der Waals surface area contributed by atoms with Gasteiger partial charge in [-0.2, -0.15) is 0 Å². The molecule has 0 fully saturated rings. The molecule has 1 aromatic heterocycles. The zero-order valence-electron chi connectivity index (χ0n) is 12.7. The van der Waals surface area contributed by atoms with Crippen LogP contribution in [0.5, 0.6) is 0 Å². The summed E-state index contributed by atoms with van der Waals surface area (Å²) < 4.78 is 1.63. The van der Waals surface area contributed by atoms with E-state index in [1.807, 2.05) is 44.2 Å². The summed E-state index contributed by atoms with van der Waals surface area (Å²) in [6.45, 7) is 3.97. The highest BCUT2D eigenvalue weighted by atomic mass is 35.5. The summed E-state index contributed by atoms with van der Waals surface area (Å²) in [6, 6.07) is 13.2. The van der Waals surface area contributed by atoms with Crippen molar-refractivity contribution in [3.05, 3.63) is 64.4 Å². The van der Waals surface area contributed by atoms with Crippen LogP contribution in [-0.2, 0) is 0 Å². The van der Waals surface area contributed by atoms with E-state index in [9.17, 15) is 4.79 Å². The lowest BCUT2D eigenvalue weighted by molar-refractivity contribution is 0.0990. The number of carbonyl (C=O) groups is 1. The van der Waals surface area contributed by atoms with Crippen molar-refractivity contribution in [3.63, 3.8) is 0 Å². The number of aryl methyl sites for hydroxylation is 2. The minimum Gasteiger partial charge on any atom is -0.363 e. The number of rotatable bonds is 3. The molecule has 1 amide bonds. The molecule has 0 spiro atoms. The van der Waals surface area contributed by atoms with Crippen LogP contribution in [0.1, 0.15) is 21.7 Å². The first-order chi connectivity index (χ1) is 11.0. The molecule has 5 nitrogen and oxygen atoms in total. The molecule has 6 heteroatoms. The average Bonchev–Trinajstić information content (AvgIpc) is 2.95. The van der Waals surface area contributed by atoms with E-state index >= 15 is 0 Å². The average molecular weight is 327 g/mol. The van der Waals surface area contributed by atoms with E-state index in [0.717, 1.165) is 22.4 Å². The van der Waals surface area contributed by atoms with Crippen LogP contribution in [0.3, 0.4) is 0 Å². The van der Waals surface area contributed by atoms with Gasteiger partial charge >= 0.3 is 0 Å². The SMILES string of the molecule is Cc1ccc(C)c(-n2nc(C(N)=O)nc2-c2cccc(Cl)c2)c1. The van der Waals surface area contributed by atoms with Gasteiger partial charge in [0.05, 0.1) is 5.69 Å². The molecule has 0 radical (unpaired) electrons. The van der Waals surface area contributed by atoms with Crippen LogP contribution in [0, 0.1) is 13.8 Å². The number of benzene rings is 2. The predicted molar refractivity (Wildman–Crippen MR) is 89.8 cm³/mol. The molecule has 0 bridgehead atoms. The van der Waals surface area contributed by atoms with Crippen molar-refractivity contribution >= 4 is 17.5 Å². The standard InChI is InChI=1S/C17H15ClN4O/c1-10-6-7-11(2)14(8-10)22-17(20-16(21-22)15(19)23)12-4-3-5-13(18)9-12/h3-9H,1-2H3,(H2,19,23). The Balaban J connectivity index is 2.27. The smallest absolute Gasteiger partial charge is 0.288 e. The van der Waals surface area contributed by atoms with E-state index in [1.165, 1.54) is 0 Å². The van der Waals surface area contributed by atoms with Crippen molar-refractivity contribution in [3.8, 4) is 17.1 Å². The van der Waals surface area contributed by atoms with Gasteiger partial charge < -0.3 is 5.73 Å². The van der Waals surface area contributed by atoms with Gasteiger partial charge in [-0.25, -0.2) is 9.67 Å². The Kier molecular flexibility index (Phi) is 3.88. The second-order valence-corrected chi connectivity index (χ2v) is 5.77. The van der Waals surface area contributed by atoms with E-state index in [0.29, 0.717) is 10.8 Å². The predicted octanol–water partition coefficient (Wildman–Crippen LogP) is 3.30. The van der Waals surface area contributed by atoms with Crippen LogP contribution in [0.15, 0.2) is 42.5 Å². The van der Waals surface area contributed by atoms with Gasteiger partial charge in [-0.3, -0.25) is 4.79 Å². The summed E-state index contributed by atoms with van der Waals surface area (Å²) >= 11 is 6.07. The lowest BCUT2D eigenvalue weighted by Gasteiger charge is -2.10. The van der Waals surface area contributed by atoms with Crippen molar-refractivity contribution in [1.29, 1.82) is 0 Å². The molecule has 0 saturated carbocycles. The van der Waals surface area contributed by atoms with E-state index < -0.39 is 5.91 Å². The number of nitrogens with two attached hydrogens (primary N) is 1. The van der Waals surface area contributed by atoms with Crippen molar-refractivity contribution < 1.29 is 4.79 Å². The number of carbonyl (C=O) groups excluding carboxylic acids is 1. The first-order valence-corrected chi connectivity index (χ1v) is 7.44. The lowest BCUT2D eigenvalue weighted by atomic mass is 10.1. The minimum atomic E-state index is -0.669. The highest BCUT2D eigenvalue weighted by molar-refractivity contribution is 6.30. The van der Waals surface area contributed by atoms with Crippen LogP contribution in [0.25, 0.3) is 17.1 Å². The molecule has 3 rings (SSSR count). The van der Waals surface area contributed by atoms with Crippen LogP contribution in [-0.4, -0.2) is 20.7 Å². The number of aromatic nitrogens is 3. The van der Waals surface area contributed by atoms with Gasteiger partial charge in [0.2, 0.25) is 5.82 Å². The normalized spacial score (nSPS) is 10.7. The summed E-state index contributed by atoms with van der Waals surface area (Å²) in [4.78, 5) is 15.8. The maximum Gasteiger partial charge on any atom is 0.288 e. The number of amides is 1. The zero-order valence-corrected chi connectivity index (χ0v) is 13.5. The maximum atomic E-state index is 11.5. The fourth-order valence-electron chi connectivity index (χ4n) is 2.35. The first kappa shape index (κ1) is 15.2. The van der Waals surface area contributed by atoms with Crippen molar-refractivity contribution in [2.24, 2.45) is 5.73 Å².